The lowest BCUT2D eigenvalue weighted by Gasteiger charge is -2.45. The lowest BCUT2D eigenvalue weighted by Crippen LogP contribution is -2.41. The number of hydrogen-bond donors (Lipinski definition) is 1. The normalized spacial score (nSPS) is 24.0. The topological polar surface area (TPSA) is 26.7 Å². The van der Waals surface area contributed by atoms with Crippen LogP contribution in [0.3, 0.4) is 0 Å². The fraction of sp³-hybridized carbons (Fsp3) is 0.429. The van der Waals surface area contributed by atoms with E-state index in [9.17, 15) is 5.11 Å². The largest absolute Gasteiger partial charge is 0.508 e. The second-order valence-corrected chi connectivity index (χ2v) is 7.27. The fourth-order valence-corrected chi connectivity index (χ4v) is 3.76. The zero-order chi connectivity index (χ0) is 17.3. The highest BCUT2D eigenvalue weighted by Crippen LogP contribution is 2.42. The number of rotatable bonds is 3. The Hall–Kier alpha value is -2.16. The summed E-state index contributed by atoms with van der Waals surface area (Å²) in [5.41, 5.74) is 3.67. The smallest absolute Gasteiger partial charge is 0.115 e. The molecule has 1 heterocycles. The molecule has 2 aromatic carbocycles. The Labute approximate surface area is 145 Å². The number of hydrogen-bond acceptors (Lipinski definition) is 3. The van der Waals surface area contributed by atoms with Crippen molar-refractivity contribution in [1.29, 1.82) is 0 Å². The van der Waals surface area contributed by atoms with Gasteiger partial charge in [0.05, 0.1) is 6.04 Å². The van der Waals surface area contributed by atoms with Gasteiger partial charge in [-0.05, 0) is 60.2 Å². The number of piperidine rings is 1. The van der Waals surface area contributed by atoms with Gasteiger partial charge >= 0.3 is 0 Å². The third kappa shape index (κ3) is 3.21. The number of anilines is 2. The molecule has 1 aliphatic heterocycles. The summed E-state index contributed by atoms with van der Waals surface area (Å²) in [4.78, 5) is 4.62. The maximum Gasteiger partial charge on any atom is 0.115 e. The first-order chi connectivity index (χ1) is 11.5. The summed E-state index contributed by atoms with van der Waals surface area (Å²) in [5.74, 6) is 1.56. The highest BCUT2D eigenvalue weighted by molar-refractivity contribution is 5.57. The van der Waals surface area contributed by atoms with E-state index in [0.29, 0.717) is 23.6 Å². The average molecular weight is 324 g/mol. The molecule has 1 fully saturated rings. The molecular weight excluding hydrogens is 296 g/mol. The van der Waals surface area contributed by atoms with Crippen LogP contribution < -0.4 is 9.80 Å². The summed E-state index contributed by atoms with van der Waals surface area (Å²) in [6, 6.07) is 16.8. The summed E-state index contributed by atoms with van der Waals surface area (Å²) in [6.07, 6.45) is 1.20. The molecule has 3 nitrogen and oxygen atoms in total. The van der Waals surface area contributed by atoms with Crippen molar-refractivity contribution >= 4 is 11.4 Å². The Morgan fingerprint density at radius 3 is 2.38 bits per heavy atom. The molecule has 0 saturated carbocycles. The molecule has 24 heavy (non-hydrogen) atoms. The van der Waals surface area contributed by atoms with Crippen molar-refractivity contribution in [2.24, 2.45) is 11.8 Å². The number of phenolic OH excluding ortho intramolecular Hbond substituents is 1. The SMILES string of the molecule is C[C@H]1CCN(c2ccc(N(C)C)cc2)C(c2cccc(O)c2)[C@@H]1C. The zero-order valence-corrected chi connectivity index (χ0v) is 15.1. The van der Waals surface area contributed by atoms with E-state index in [-0.39, 0.29) is 0 Å². The van der Waals surface area contributed by atoms with Crippen LogP contribution in [0.25, 0.3) is 0 Å². The Balaban J connectivity index is 1.97. The molecule has 1 aliphatic rings. The molecule has 0 radical (unpaired) electrons. The lowest BCUT2D eigenvalue weighted by atomic mass is 9.78. The van der Waals surface area contributed by atoms with E-state index in [2.05, 4.69) is 68.1 Å². The quantitative estimate of drug-likeness (QED) is 0.888. The van der Waals surface area contributed by atoms with Gasteiger partial charge in [-0.3, -0.25) is 0 Å². The van der Waals surface area contributed by atoms with Crippen LogP contribution in [0.1, 0.15) is 31.9 Å². The van der Waals surface area contributed by atoms with Gasteiger partial charge in [-0.2, -0.15) is 0 Å². The lowest BCUT2D eigenvalue weighted by molar-refractivity contribution is 0.256. The zero-order valence-electron chi connectivity index (χ0n) is 15.1. The molecule has 3 heteroatoms. The van der Waals surface area contributed by atoms with Gasteiger partial charge in [0.1, 0.15) is 5.75 Å². The maximum absolute atomic E-state index is 9.93. The van der Waals surface area contributed by atoms with Gasteiger partial charge in [-0.15, -0.1) is 0 Å². The van der Waals surface area contributed by atoms with Gasteiger partial charge in [0, 0.05) is 32.0 Å². The molecule has 0 bridgehead atoms. The second kappa shape index (κ2) is 6.76. The Kier molecular flexibility index (Phi) is 4.70. The average Bonchev–Trinajstić information content (AvgIpc) is 2.57. The Bertz CT molecular complexity index is 680. The molecule has 2 aromatic rings. The number of nitrogens with zero attached hydrogens (tertiary/aromatic N) is 2. The van der Waals surface area contributed by atoms with E-state index in [1.54, 1.807) is 6.07 Å². The first-order valence-corrected chi connectivity index (χ1v) is 8.80. The molecule has 0 spiro atoms. The van der Waals surface area contributed by atoms with Crippen LogP contribution >= 0.6 is 0 Å². The van der Waals surface area contributed by atoms with Crippen LogP contribution in [-0.4, -0.2) is 25.7 Å². The van der Waals surface area contributed by atoms with Gasteiger partial charge in [0.2, 0.25) is 0 Å². The third-order valence-electron chi connectivity index (χ3n) is 5.47. The van der Waals surface area contributed by atoms with E-state index < -0.39 is 0 Å². The molecule has 1 N–H and O–H groups in total. The third-order valence-corrected chi connectivity index (χ3v) is 5.47. The van der Waals surface area contributed by atoms with E-state index in [0.717, 1.165) is 6.54 Å². The van der Waals surface area contributed by atoms with Crippen LogP contribution in [0, 0.1) is 11.8 Å². The molecule has 128 valence electrons. The summed E-state index contributed by atoms with van der Waals surface area (Å²) < 4.78 is 0. The molecule has 0 aromatic heterocycles. The molecule has 0 amide bonds. The van der Waals surface area contributed by atoms with Gasteiger partial charge in [0.15, 0.2) is 0 Å². The van der Waals surface area contributed by atoms with E-state index in [1.165, 1.54) is 23.4 Å². The molecule has 0 aliphatic carbocycles. The summed E-state index contributed by atoms with van der Waals surface area (Å²) in [7, 11) is 4.13. The minimum Gasteiger partial charge on any atom is -0.508 e. The minimum atomic E-state index is 0.297. The van der Waals surface area contributed by atoms with Crippen molar-refractivity contribution < 1.29 is 5.11 Å². The van der Waals surface area contributed by atoms with Gasteiger partial charge in [0.25, 0.3) is 0 Å². The van der Waals surface area contributed by atoms with E-state index in [1.807, 2.05) is 12.1 Å². The first kappa shape index (κ1) is 16.7. The molecule has 1 unspecified atom stereocenters. The van der Waals surface area contributed by atoms with Crippen molar-refractivity contribution in [1.82, 2.24) is 0 Å². The highest BCUT2D eigenvalue weighted by atomic mass is 16.3. The highest BCUT2D eigenvalue weighted by Gasteiger charge is 2.34. The monoisotopic (exact) mass is 324 g/mol. The number of phenols is 1. The van der Waals surface area contributed by atoms with Crippen molar-refractivity contribution in [2.75, 3.05) is 30.4 Å². The molecule has 3 atom stereocenters. The summed E-state index contributed by atoms with van der Waals surface area (Å²) in [6.45, 7) is 5.72. The first-order valence-electron chi connectivity index (χ1n) is 8.80. The van der Waals surface area contributed by atoms with Crippen LogP contribution in [-0.2, 0) is 0 Å². The van der Waals surface area contributed by atoms with Crippen molar-refractivity contribution in [3.63, 3.8) is 0 Å². The molecule has 3 rings (SSSR count). The van der Waals surface area contributed by atoms with Gasteiger partial charge in [-0.25, -0.2) is 0 Å². The van der Waals surface area contributed by atoms with Gasteiger partial charge < -0.3 is 14.9 Å². The van der Waals surface area contributed by atoms with Crippen LogP contribution in [0.2, 0.25) is 0 Å². The Morgan fingerprint density at radius 2 is 1.75 bits per heavy atom. The van der Waals surface area contributed by atoms with Crippen molar-refractivity contribution in [2.45, 2.75) is 26.3 Å². The van der Waals surface area contributed by atoms with Crippen LogP contribution in [0.5, 0.6) is 5.75 Å². The number of benzene rings is 2. The second-order valence-electron chi connectivity index (χ2n) is 7.27. The summed E-state index contributed by atoms with van der Waals surface area (Å²) in [5, 5.41) is 9.93. The van der Waals surface area contributed by atoms with Crippen LogP contribution in [0.15, 0.2) is 48.5 Å². The van der Waals surface area contributed by atoms with E-state index in [4.69, 9.17) is 0 Å². The van der Waals surface area contributed by atoms with Gasteiger partial charge in [-0.1, -0.05) is 26.0 Å². The number of aromatic hydroxyl groups is 1. The standard InChI is InChI=1S/C21H28N2O/c1-15-12-13-23(19-10-8-18(9-11-19)22(3)4)21(16(15)2)17-6-5-7-20(24)14-17/h5-11,14-16,21,24H,12-13H2,1-4H3/t15-,16+,21?/m0/s1. The predicted molar refractivity (Wildman–Crippen MR) is 102 cm³/mol. The fourth-order valence-electron chi connectivity index (χ4n) is 3.76. The van der Waals surface area contributed by atoms with E-state index >= 15 is 0 Å². The minimum absolute atomic E-state index is 0.297. The van der Waals surface area contributed by atoms with Crippen LogP contribution in [0.4, 0.5) is 11.4 Å². The Morgan fingerprint density at radius 1 is 1.04 bits per heavy atom. The molecule has 1 saturated heterocycles. The van der Waals surface area contributed by atoms with Crippen molar-refractivity contribution in [3.05, 3.63) is 54.1 Å². The maximum atomic E-state index is 9.93. The van der Waals surface area contributed by atoms with Crippen molar-refractivity contribution in [3.8, 4) is 5.75 Å². The summed E-state index contributed by atoms with van der Waals surface area (Å²) >= 11 is 0. The molecular formula is C21H28N2O. The predicted octanol–water partition coefficient (Wildman–Crippen LogP) is 4.68.